The van der Waals surface area contributed by atoms with E-state index in [9.17, 15) is 4.79 Å². The molecule has 0 atom stereocenters. The van der Waals surface area contributed by atoms with Crippen LogP contribution in [-0.4, -0.2) is 18.2 Å². The van der Waals surface area contributed by atoms with E-state index in [2.05, 4.69) is 47.8 Å². The topological polar surface area (TPSA) is 42.2 Å². The van der Waals surface area contributed by atoms with Crippen molar-refractivity contribution in [1.29, 1.82) is 0 Å². The molecule has 0 unspecified atom stereocenters. The Morgan fingerprint density at radius 2 is 1.97 bits per heavy atom. The van der Waals surface area contributed by atoms with Crippen LogP contribution < -0.4 is 5.32 Å². The molecule has 1 amide bonds. The van der Waals surface area contributed by atoms with Crippen molar-refractivity contribution < 1.29 is 9.21 Å². The molecule has 0 bridgehead atoms. The number of amides is 1. The molecule has 5 rings (SSSR count). The minimum Gasteiger partial charge on any atom is -0.460 e. The van der Waals surface area contributed by atoms with E-state index < -0.39 is 0 Å². The van der Waals surface area contributed by atoms with Gasteiger partial charge in [-0.3, -0.25) is 4.79 Å². The molecule has 156 valence electrons. The van der Waals surface area contributed by atoms with E-state index in [4.69, 9.17) is 4.42 Å². The van der Waals surface area contributed by atoms with E-state index in [0.29, 0.717) is 18.9 Å². The van der Waals surface area contributed by atoms with Gasteiger partial charge in [0, 0.05) is 35.2 Å². The van der Waals surface area contributed by atoms with Crippen LogP contribution in [0.1, 0.15) is 54.6 Å². The predicted octanol–water partition coefficient (Wildman–Crippen LogP) is 5.91. The summed E-state index contributed by atoms with van der Waals surface area (Å²) in [6, 6.07) is 14.9. The fraction of sp³-hybridized carbons (Fsp3) is 0.423. The number of fused-ring (bicyclic) bond motifs is 3. The molecule has 0 saturated heterocycles. The summed E-state index contributed by atoms with van der Waals surface area (Å²) >= 11 is 1.98. The zero-order chi connectivity index (χ0) is 20.3. The lowest BCUT2D eigenvalue weighted by Crippen LogP contribution is -2.26. The zero-order valence-electron chi connectivity index (χ0n) is 17.4. The third-order valence-corrected chi connectivity index (χ3v) is 7.44. The molecule has 30 heavy (non-hydrogen) atoms. The summed E-state index contributed by atoms with van der Waals surface area (Å²) in [5, 5.41) is 4.46. The van der Waals surface area contributed by atoms with Gasteiger partial charge in [-0.15, -0.1) is 11.8 Å². The number of furan rings is 1. The molecule has 1 N–H and O–H groups in total. The summed E-state index contributed by atoms with van der Waals surface area (Å²) in [6.07, 6.45) is 8.35. The molecule has 4 heteroatoms. The highest BCUT2D eigenvalue weighted by Crippen LogP contribution is 2.39. The van der Waals surface area contributed by atoms with Crippen LogP contribution >= 0.6 is 11.8 Å². The van der Waals surface area contributed by atoms with Crippen molar-refractivity contribution >= 4 is 28.6 Å². The first-order chi connectivity index (χ1) is 14.8. The van der Waals surface area contributed by atoms with Gasteiger partial charge in [-0.2, -0.15) is 0 Å². The Hall–Kier alpha value is -2.20. The van der Waals surface area contributed by atoms with Crippen molar-refractivity contribution in [3.63, 3.8) is 0 Å². The summed E-state index contributed by atoms with van der Waals surface area (Å²) < 4.78 is 6.42. The van der Waals surface area contributed by atoms with Crippen LogP contribution in [0.15, 0.2) is 51.8 Å². The van der Waals surface area contributed by atoms with Crippen molar-refractivity contribution in [1.82, 2.24) is 5.32 Å². The number of rotatable bonds is 7. The molecule has 0 spiro atoms. The van der Waals surface area contributed by atoms with E-state index in [0.717, 1.165) is 30.6 Å². The van der Waals surface area contributed by atoms with Crippen LogP contribution in [0.25, 0.3) is 11.0 Å². The molecule has 2 aliphatic rings. The number of hydrogen-bond acceptors (Lipinski definition) is 3. The van der Waals surface area contributed by atoms with Gasteiger partial charge >= 0.3 is 0 Å². The van der Waals surface area contributed by atoms with E-state index in [1.807, 2.05) is 11.8 Å². The van der Waals surface area contributed by atoms with Gasteiger partial charge in [0.1, 0.15) is 11.3 Å². The molecule has 3 nitrogen and oxygen atoms in total. The minimum absolute atomic E-state index is 0.198. The molecule has 3 aromatic rings. The predicted molar refractivity (Wildman–Crippen MR) is 123 cm³/mol. The first-order valence-electron chi connectivity index (χ1n) is 11.3. The standard InChI is InChI=1S/C26H29NO2S/c28-25(17-19-9-10-19)27-14-13-20-23(16-18-6-2-1-3-7-18)29-22-11-12-24-21(26(20)22)8-4-5-15-30-24/h1-3,6-7,11-12,19H,4-5,8-10,13-17H2,(H,27,28). The van der Waals surface area contributed by atoms with Crippen LogP contribution in [0.2, 0.25) is 0 Å². The Kier molecular flexibility index (Phi) is 5.85. The van der Waals surface area contributed by atoms with Crippen LogP contribution in [0, 0.1) is 5.92 Å². The van der Waals surface area contributed by atoms with E-state index in [1.54, 1.807) is 0 Å². The summed E-state index contributed by atoms with van der Waals surface area (Å²) in [5.74, 6) is 3.07. The van der Waals surface area contributed by atoms with Gasteiger partial charge in [0.25, 0.3) is 0 Å². The smallest absolute Gasteiger partial charge is 0.220 e. The highest BCUT2D eigenvalue weighted by atomic mass is 32.2. The number of carbonyl (C=O) groups excluding carboxylic acids is 1. The lowest BCUT2D eigenvalue weighted by molar-refractivity contribution is -0.121. The SMILES string of the molecule is O=C(CC1CC1)NCCc1c(Cc2ccccc2)oc2ccc3c(c12)CCCCS3. The van der Waals surface area contributed by atoms with Gasteiger partial charge in [-0.25, -0.2) is 0 Å². The summed E-state index contributed by atoms with van der Waals surface area (Å²) in [4.78, 5) is 13.6. The Balaban J connectivity index is 1.46. The van der Waals surface area contributed by atoms with Crippen LogP contribution in [0.3, 0.4) is 0 Å². The summed E-state index contributed by atoms with van der Waals surface area (Å²) in [6.45, 7) is 0.679. The largest absolute Gasteiger partial charge is 0.460 e. The fourth-order valence-corrected chi connectivity index (χ4v) is 5.61. The van der Waals surface area contributed by atoms with Gasteiger partial charge in [0.05, 0.1) is 0 Å². The number of thioether (sulfide) groups is 1. The molecule has 1 aliphatic carbocycles. The molecule has 1 saturated carbocycles. The van der Waals surface area contributed by atoms with Crippen LogP contribution in [0.4, 0.5) is 0 Å². The first-order valence-corrected chi connectivity index (χ1v) is 12.3. The maximum absolute atomic E-state index is 12.2. The summed E-state index contributed by atoms with van der Waals surface area (Å²) in [7, 11) is 0. The van der Waals surface area contributed by atoms with Gasteiger partial charge in [-0.05, 0) is 73.5 Å². The van der Waals surface area contributed by atoms with Crippen molar-refractivity contribution in [2.75, 3.05) is 12.3 Å². The molecule has 2 aromatic carbocycles. The average molecular weight is 420 g/mol. The van der Waals surface area contributed by atoms with E-state index >= 15 is 0 Å². The molecule has 2 heterocycles. The number of aryl methyl sites for hydroxylation is 1. The zero-order valence-corrected chi connectivity index (χ0v) is 18.2. The van der Waals surface area contributed by atoms with Crippen molar-refractivity contribution in [3.8, 4) is 0 Å². The molecular weight excluding hydrogens is 390 g/mol. The minimum atomic E-state index is 0.198. The second-order valence-corrected chi connectivity index (χ2v) is 9.77. The Morgan fingerprint density at radius 1 is 1.10 bits per heavy atom. The number of nitrogens with one attached hydrogen (secondary N) is 1. The van der Waals surface area contributed by atoms with E-state index in [1.165, 1.54) is 58.4 Å². The van der Waals surface area contributed by atoms with Crippen molar-refractivity contribution in [2.24, 2.45) is 5.92 Å². The number of benzene rings is 2. The van der Waals surface area contributed by atoms with E-state index in [-0.39, 0.29) is 5.91 Å². The Morgan fingerprint density at radius 3 is 2.80 bits per heavy atom. The third-order valence-electron chi connectivity index (χ3n) is 6.26. The molecule has 1 aromatic heterocycles. The van der Waals surface area contributed by atoms with Crippen molar-refractivity contribution in [3.05, 3.63) is 64.9 Å². The first kappa shape index (κ1) is 19.7. The maximum Gasteiger partial charge on any atom is 0.220 e. The van der Waals surface area contributed by atoms with Gasteiger partial charge in [0.2, 0.25) is 5.91 Å². The highest BCUT2D eigenvalue weighted by Gasteiger charge is 2.25. The molecule has 1 fully saturated rings. The van der Waals surface area contributed by atoms with Gasteiger partial charge < -0.3 is 9.73 Å². The highest BCUT2D eigenvalue weighted by molar-refractivity contribution is 7.99. The maximum atomic E-state index is 12.2. The van der Waals surface area contributed by atoms with Gasteiger partial charge in [-0.1, -0.05) is 30.3 Å². The lowest BCUT2D eigenvalue weighted by Gasteiger charge is -2.10. The molecule has 0 radical (unpaired) electrons. The molecular formula is C26H29NO2S. The average Bonchev–Trinajstić information content (AvgIpc) is 3.54. The second-order valence-electron chi connectivity index (χ2n) is 8.63. The van der Waals surface area contributed by atoms with Crippen LogP contribution in [-0.2, 0) is 24.1 Å². The normalized spacial score (nSPS) is 16.3. The Labute approximate surface area is 182 Å². The van der Waals surface area contributed by atoms with Crippen LogP contribution in [0.5, 0.6) is 0 Å². The fourth-order valence-electron chi connectivity index (χ4n) is 4.50. The van der Waals surface area contributed by atoms with Crippen molar-refractivity contribution in [2.45, 2.75) is 56.3 Å². The monoisotopic (exact) mass is 419 g/mol. The molecule has 1 aliphatic heterocycles. The Bertz CT molecular complexity index is 1040. The lowest BCUT2D eigenvalue weighted by atomic mass is 9.97. The quantitative estimate of drug-likeness (QED) is 0.517. The number of hydrogen-bond donors (Lipinski definition) is 1. The van der Waals surface area contributed by atoms with Gasteiger partial charge in [0.15, 0.2) is 0 Å². The second kappa shape index (κ2) is 8.89. The summed E-state index contributed by atoms with van der Waals surface area (Å²) in [5.41, 5.74) is 5.01. The third kappa shape index (κ3) is 4.44. The number of carbonyl (C=O) groups is 1.